The van der Waals surface area contributed by atoms with Crippen molar-refractivity contribution in [3.05, 3.63) is 53.3 Å². The summed E-state index contributed by atoms with van der Waals surface area (Å²) < 4.78 is 24.4. The number of hydrogen-bond donors (Lipinski definition) is 3. The maximum atomic E-state index is 13.8. The Balaban J connectivity index is 1.27. The lowest BCUT2D eigenvalue weighted by molar-refractivity contribution is -0.138. The molecular formula is C26H30FN3O6. The average molecular weight is 500 g/mol. The quantitative estimate of drug-likeness (QED) is 0.515. The molecule has 0 saturated heterocycles. The second kappa shape index (κ2) is 11.3. The highest BCUT2D eigenvalue weighted by Gasteiger charge is 2.28. The number of carbonyl (C=O) groups excluding carboxylic acids is 2. The SMILES string of the molecule is COc1ccc(NC(=O)Nc2ccc3c(c2)CCN(C(=O)O[C@H]2CC[C@H](CC(=O)O)CC2)C3)cc1F. The fraction of sp³-hybridized carbons (Fsp3) is 0.423. The molecular weight excluding hydrogens is 469 g/mol. The van der Waals surface area contributed by atoms with E-state index in [1.54, 1.807) is 17.0 Å². The summed E-state index contributed by atoms with van der Waals surface area (Å²) in [6.07, 6.45) is 3.15. The molecule has 2 aromatic rings. The molecule has 0 radical (unpaired) electrons. The van der Waals surface area contributed by atoms with Crippen molar-refractivity contribution >= 4 is 29.5 Å². The van der Waals surface area contributed by atoms with Gasteiger partial charge >= 0.3 is 18.1 Å². The number of amides is 3. The van der Waals surface area contributed by atoms with Crippen molar-refractivity contribution in [2.45, 2.75) is 51.2 Å². The van der Waals surface area contributed by atoms with Gasteiger partial charge in [-0.15, -0.1) is 0 Å². The molecule has 3 N–H and O–H groups in total. The van der Waals surface area contributed by atoms with Crippen molar-refractivity contribution in [3.8, 4) is 5.75 Å². The first-order chi connectivity index (χ1) is 17.3. The zero-order chi connectivity index (χ0) is 25.7. The standard InChI is InChI=1S/C26H30FN3O6/c1-35-23-9-6-20(14-22(23)27)29-25(33)28-19-5-4-18-15-30(11-10-17(18)13-19)26(34)36-21-7-2-16(3-8-21)12-24(31)32/h4-6,9,13-14,16,21H,2-3,7-8,10-12,15H2,1H3,(H,31,32)(H2,28,29,33)/t16-,21-. The summed E-state index contributed by atoms with van der Waals surface area (Å²) >= 11 is 0. The highest BCUT2D eigenvalue weighted by atomic mass is 19.1. The van der Waals surface area contributed by atoms with Gasteiger partial charge in [0.2, 0.25) is 0 Å². The van der Waals surface area contributed by atoms with Crippen molar-refractivity contribution in [2.24, 2.45) is 5.92 Å². The molecule has 4 rings (SSSR count). The molecule has 2 aliphatic rings. The van der Waals surface area contributed by atoms with Crippen LogP contribution < -0.4 is 15.4 Å². The van der Waals surface area contributed by atoms with Crippen LogP contribution in [0.1, 0.15) is 43.2 Å². The van der Waals surface area contributed by atoms with Gasteiger partial charge in [0.25, 0.3) is 0 Å². The largest absolute Gasteiger partial charge is 0.494 e. The molecule has 192 valence electrons. The third-order valence-corrected chi connectivity index (χ3v) is 6.67. The summed E-state index contributed by atoms with van der Waals surface area (Å²) in [5, 5.41) is 14.3. The Labute approximate surface area is 208 Å². The van der Waals surface area contributed by atoms with E-state index in [0.29, 0.717) is 43.7 Å². The molecule has 0 spiro atoms. The van der Waals surface area contributed by atoms with Crippen LogP contribution in [0.4, 0.5) is 25.4 Å². The normalized spacial score (nSPS) is 19.1. The lowest BCUT2D eigenvalue weighted by atomic mass is 9.85. The predicted molar refractivity (Wildman–Crippen MR) is 131 cm³/mol. The summed E-state index contributed by atoms with van der Waals surface area (Å²) in [4.78, 5) is 37.6. The van der Waals surface area contributed by atoms with E-state index in [9.17, 15) is 18.8 Å². The van der Waals surface area contributed by atoms with E-state index in [1.165, 1.54) is 19.2 Å². The Kier molecular flexibility index (Phi) is 7.92. The molecule has 9 nitrogen and oxygen atoms in total. The van der Waals surface area contributed by atoms with E-state index in [4.69, 9.17) is 14.6 Å². The number of urea groups is 1. The predicted octanol–water partition coefficient (Wildman–Crippen LogP) is 5.01. The fourth-order valence-corrected chi connectivity index (χ4v) is 4.74. The van der Waals surface area contributed by atoms with Crippen LogP contribution in [0, 0.1) is 11.7 Å². The summed E-state index contributed by atoms with van der Waals surface area (Å²) in [6.45, 7) is 0.918. The minimum absolute atomic E-state index is 0.0942. The fourth-order valence-electron chi connectivity index (χ4n) is 4.74. The molecule has 0 aromatic heterocycles. The molecule has 1 saturated carbocycles. The molecule has 1 heterocycles. The van der Waals surface area contributed by atoms with Crippen molar-refractivity contribution in [3.63, 3.8) is 0 Å². The topological polar surface area (TPSA) is 117 Å². The van der Waals surface area contributed by atoms with Crippen LogP contribution in [0.3, 0.4) is 0 Å². The molecule has 0 atom stereocenters. The Morgan fingerprint density at radius 1 is 1.03 bits per heavy atom. The van der Waals surface area contributed by atoms with Gasteiger partial charge in [0.1, 0.15) is 6.10 Å². The van der Waals surface area contributed by atoms with Crippen LogP contribution in [-0.2, 0) is 22.5 Å². The third kappa shape index (κ3) is 6.44. The maximum absolute atomic E-state index is 13.8. The number of carboxylic acid groups (broad SMARTS) is 1. The van der Waals surface area contributed by atoms with Crippen LogP contribution in [0.5, 0.6) is 5.75 Å². The van der Waals surface area contributed by atoms with Crippen molar-refractivity contribution in [1.82, 2.24) is 4.90 Å². The minimum Gasteiger partial charge on any atom is -0.494 e. The number of nitrogens with zero attached hydrogens (tertiary/aromatic N) is 1. The summed E-state index contributed by atoms with van der Waals surface area (Å²) in [5.74, 6) is -1.11. The molecule has 36 heavy (non-hydrogen) atoms. The van der Waals surface area contributed by atoms with E-state index < -0.39 is 17.8 Å². The van der Waals surface area contributed by atoms with Crippen molar-refractivity contribution in [2.75, 3.05) is 24.3 Å². The van der Waals surface area contributed by atoms with Crippen LogP contribution in [0.25, 0.3) is 0 Å². The molecule has 1 fully saturated rings. The number of anilines is 2. The molecule has 0 bridgehead atoms. The highest BCUT2D eigenvalue weighted by Crippen LogP contribution is 2.30. The summed E-state index contributed by atoms with van der Waals surface area (Å²) in [7, 11) is 1.37. The number of rotatable bonds is 6. The number of fused-ring (bicyclic) bond motifs is 1. The first-order valence-corrected chi connectivity index (χ1v) is 12.0. The van der Waals surface area contributed by atoms with E-state index >= 15 is 0 Å². The minimum atomic E-state index is -0.783. The van der Waals surface area contributed by atoms with Gasteiger partial charge in [-0.3, -0.25) is 4.79 Å². The number of carbonyl (C=O) groups is 3. The van der Waals surface area contributed by atoms with E-state index in [1.807, 2.05) is 12.1 Å². The van der Waals surface area contributed by atoms with Crippen LogP contribution in [0.15, 0.2) is 36.4 Å². The Hall–Kier alpha value is -3.82. The number of hydrogen-bond acceptors (Lipinski definition) is 5. The Morgan fingerprint density at radius 3 is 2.39 bits per heavy atom. The van der Waals surface area contributed by atoms with Crippen LogP contribution in [-0.4, -0.2) is 47.9 Å². The zero-order valence-corrected chi connectivity index (χ0v) is 20.1. The number of carboxylic acids is 1. The lowest BCUT2D eigenvalue weighted by Crippen LogP contribution is -2.39. The number of benzene rings is 2. The summed E-state index contributed by atoms with van der Waals surface area (Å²) in [6, 6.07) is 9.16. The first-order valence-electron chi connectivity index (χ1n) is 12.0. The van der Waals surface area contributed by atoms with E-state index in [-0.39, 0.29) is 30.3 Å². The first kappa shape index (κ1) is 25.3. The zero-order valence-electron chi connectivity index (χ0n) is 20.1. The lowest BCUT2D eigenvalue weighted by Gasteiger charge is -2.32. The number of methoxy groups -OCH3 is 1. The van der Waals surface area contributed by atoms with Gasteiger partial charge in [-0.1, -0.05) is 6.07 Å². The number of nitrogens with one attached hydrogen (secondary N) is 2. The summed E-state index contributed by atoms with van der Waals surface area (Å²) in [5.41, 5.74) is 2.90. The number of ether oxygens (including phenoxy) is 2. The van der Waals surface area contributed by atoms with E-state index in [0.717, 1.165) is 24.0 Å². The number of aliphatic carboxylic acids is 1. The second-order valence-electron chi connectivity index (χ2n) is 9.21. The van der Waals surface area contributed by atoms with Gasteiger partial charge in [-0.05, 0) is 73.4 Å². The van der Waals surface area contributed by atoms with Gasteiger partial charge in [-0.2, -0.15) is 0 Å². The maximum Gasteiger partial charge on any atom is 0.410 e. The molecule has 0 unspecified atom stereocenters. The molecule has 1 aliphatic heterocycles. The Morgan fingerprint density at radius 2 is 1.72 bits per heavy atom. The number of halogens is 1. The van der Waals surface area contributed by atoms with Gasteiger partial charge in [0, 0.05) is 37.0 Å². The highest BCUT2D eigenvalue weighted by molar-refractivity contribution is 5.99. The molecule has 1 aliphatic carbocycles. The van der Waals surface area contributed by atoms with Gasteiger partial charge in [-0.25, -0.2) is 14.0 Å². The van der Waals surface area contributed by atoms with Crippen LogP contribution >= 0.6 is 0 Å². The third-order valence-electron chi connectivity index (χ3n) is 6.67. The van der Waals surface area contributed by atoms with Gasteiger partial charge in [0.15, 0.2) is 11.6 Å². The van der Waals surface area contributed by atoms with Gasteiger partial charge in [0.05, 0.1) is 7.11 Å². The van der Waals surface area contributed by atoms with Crippen LogP contribution in [0.2, 0.25) is 0 Å². The van der Waals surface area contributed by atoms with Gasteiger partial charge < -0.3 is 30.1 Å². The molecule has 2 aromatic carbocycles. The molecule has 3 amide bonds. The monoisotopic (exact) mass is 499 g/mol. The molecule has 10 heteroatoms. The second-order valence-corrected chi connectivity index (χ2v) is 9.21. The average Bonchev–Trinajstić information content (AvgIpc) is 2.84. The van der Waals surface area contributed by atoms with Crippen molar-refractivity contribution < 1.29 is 33.4 Å². The van der Waals surface area contributed by atoms with Crippen molar-refractivity contribution in [1.29, 1.82) is 0 Å². The Bertz CT molecular complexity index is 1130. The smallest absolute Gasteiger partial charge is 0.410 e. The van der Waals surface area contributed by atoms with E-state index in [2.05, 4.69) is 10.6 Å².